The van der Waals surface area contributed by atoms with E-state index in [-0.39, 0.29) is 35.0 Å². The molecule has 202 valence electrons. The first-order valence-corrected chi connectivity index (χ1v) is 14.4. The largest absolute Gasteiger partial charge is 0.401 e. The molecule has 3 heterocycles. The Labute approximate surface area is 225 Å². The van der Waals surface area contributed by atoms with E-state index < -0.39 is 66.7 Å². The van der Waals surface area contributed by atoms with Gasteiger partial charge in [-0.1, -0.05) is 40.5 Å². The molecule has 1 aliphatic carbocycles. The standard InChI is InChI=1S/C25H20Cl2F4N2O4S/c26-13-7-14(20(28)17(27)8-13)23-19(25(29,30)31)21(33-37-23)11-1-2-15-12(5-11)6-16(24(15)9-32-10-24)22(34)18-3-4-38(18,35)36/h1-2,5,7-8,16,18-19,23,32H,3-4,6,9-10H2. The van der Waals surface area contributed by atoms with Crippen LogP contribution in [0, 0.1) is 17.7 Å². The zero-order valence-electron chi connectivity index (χ0n) is 19.5. The highest BCUT2D eigenvalue weighted by atomic mass is 35.5. The van der Waals surface area contributed by atoms with Crippen molar-refractivity contribution in [2.24, 2.45) is 17.0 Å². The third-order valence-electron chi connectivity index (χ3n) is 8.21. The van der Waals surface area contributed by atoms with Crippen LogP contribution in [0.5, 0.6) is 0 Å². The predicted octanol–water partition coefficient (Wildman–Crippen LogP) is 4.56. The number of nitrogens with one attached hydrogen (secondary N) is 1. The molecule has 2 aromatic carbocycles. The van der Waals surface area contributed by atoms with E-state index in [4.69, 9.17) is 28.0 Å². The highest BCUT2D eigenvalue weighted by molar-refractivity contribution is 7.94. The van der Waals surface area contributed by atoms with Crippen LogP contribution in [0.4, 0.5) is 17.6 Å². The first kappa shape index (κ1) is 26.0. The first-order chi connectivity index (χ1) is 17.8. The number of rotatable bonds is 4. The topological polar surface area (TPSA) is 84.8 Å². The van der Waals surface area contributed by atoms with E-state index in [1.165, 1.54) is 6.07 Å². The molecule has 2 aromatic rings. The van der Waals surface area contributed by atoms with Gasteiger partial charge < -0.3 is 10.2 Å². The number of Topliss-reactive ketones (excluding diaryl/α,β-unsaturated/α-hetero) is 1. The zero-order chi connectivity index (χ0) is 27.2. The molecule has 0 aromatic heterocycles. The number of fused-ring (bicyclic) bond motifs is 2. The third-order valence-corrected chi connectivity index (χ3v) is 10.8. The molecule has 4 unspecified atom stereocenters. The smallest absolute Gasteiger partial charge is 0.386 e. The molecule has 3 aliphatic heterocycles. The third kappa shape index (κ3) is 3.80. The molecular weight excluding hydrogens is 571 g/mol. The van der Waals surface area contributed by atoms with Crippen molar-refractivity contribution in [2.45, 2.75) is 35.8 Å². The van der Waals surface area contributed by atoms with Crippen molar-refractivity contribution in [1.29, 1.82) is 0 Å². The molecule has 6 nitrogen and oxygen atoms in total. The second kappa shape index (κ2) is 8.64. The molecule has 6 rings (SSSR count). The van der Waals surface area contributed by atoms with Crippen molar-refractivity contribution in [3.8, 4) is 0 Å². The number of carbonyl (C=O) groups excluding carboxylic acids is 1. The number of alkyl halides is 3. The minimum Gasteiger partial charge on any atom is -0.386 e. The van der Waals surface area contributed by atoms with Crippen LogP contribution in [-0.2, 0) is 31.3 Å². The first-order valence-electron chi connectivity index (χ1n) is 11.9. The quantitative estimate of drug-likeness (QED) is 0.417. The Balaban J connectivity index is 1.36. The molecule has 1 N–H and O–H groups in total. The zero-order valence-corrected chi connectivity index (χ0v) is 21.8. The van der Waals surface area contributed by atoms with Gasteiger partial charge in [0, 0.05) is 40.6 Å². The minimum atomic E-state index is -4.85. The van der Waals surface area contributed by atoms with Crippen molar-refractivity contribution in [3.63, 3.8) is 0 Å². The molecule has 0 bridgehead atoms. The molecule has 1 spiro atoms. The fraction of sp³-hybridized carbons (Fsp3) is 0.440. The SMILES string of the molecule is O=C(C1Cc2cc(C3=NOC(c4cc(Cl)cc(Cl)c4F)C3C(F)(F)F)ccc2C12CNC2)C1CCS1(=O)=O. The number of hydrogen-bond donors (Lipinski definition) is 1. The van der Waals surface area contributed by atoms with Gasteiger partial charge in [0.05, 0.1) is 10.8 Å². The lowest BCUT2D eigenvalue weighted by Crippen LogP contribution is -2.63. The molecule has 2 saturated heterocycles. The Hall–Kier alpha value is -2.21. The maximum atomic E-state index is 14.7. The van der Waals surface area contributed by atoms with E-state index in [2.05, 4.69) is 10.5 Å². The second-order valence-electron chi connectivity index (χ2n) is 10.2. The van der Waals surface area contributed by atoms with Gasteiger partial charge in [0.2, 0.25) is 0 Å². The normalized spacial score (nSPS) is 28.7. The number of oxime groups is 1. The lowest BCUT2D eigenvalue weighted by molar-refractivity contribution is -0.178. The van der Waals surface area contributed by atoms with E-state index in [1.54, 1.807) is 12.1 Å². The number of nitrogens with zero attached hydrogens (tertiary/aromatic N) is 1. The number of benzene rings is 2. The van der Waals surface area contributed by atoms with Gasteiger partial charge in [0.1, 0.15) is 22.7 Å². The molecule has 0 radical (unpaired) electrons. The van der Waals surface area contributed by atoms with E-state index in [0.29, 0.717) is 18.7 Å². The van der Waals surface area contributed by atoms with Crippen molar-refractivity contribution in [1.82, 2.24) is 5.32 Å². The van der Waals surface area contributed by atoms with Crippen LogP contribution < -0.4 is 5.32 Å². The Kier molecular flexibility index (Phi) is 5.92. The van der Waals surface area contributed by atoms with Crippen LogP contribution in [-0.4, -0.2) is 50.2 Å². The van der Waals surface area contributed by atoms with E-state index in [0.717, 1.165) is 17.7 Å². The average Bonchev–Trinajstić information content (AvgIpc) is 3.40. The summed E-state index contributed by atoms with van der Waals surface area (Å²) >= 11 is 11.7. The summed E-state index contributed by atoms with van der Waals surface area (Å²) in [6.45, 7) is 0.934. The van der Waals surface area contributed by atoms with Crippen LogP contribution in [0.3, 0.4) is 0 Å². The molecule has 0 amide bonds. The van der Waals surface area contributed by atoms with Gasteiger partial charge in [0.25, 0.3) is 0 Å². The van der Waals surface area contributed by atoms with Crippen LogP contribution in [0.15, 0.2) is 35.5 Å². The fourth-order valence-corrected chi connectivity index (χ4v) is 8.02. The molecule has 4 atom stereocenters. The Morgan fingerprint density at radius 2 is 1.89 bits per heavy atom. The van der Waals surface area contributed by atoms with Gasteiger partial charge in [-0.3, -0.25) is 4.79 Å². The second-order valence-corrected chi connectivity index (χ2v) is 13.4. The Bertz CT molecular complexity index is 1510. The van der Waals surface area contributed by atoms with Gasteiger partial charge in [-0.15, -0.1) is 0 Å². The molecule has 2 fully saturated rings. The lowest BCUT2D eigenvalue weighted by atomic mass is 9.68. The van der Waals surface area contributed by atoms with Crippen LogP contribution in [0.2, 0.25) is 10.0 Å². The number of halogens is 6. The predicted molar refractivity (Wildman–Crippen MR) is 132 cm³/mol. The molecular formula is C25H20Cl2F4N2O4S. The number of carbonyl (C=O) groups is 1. The summed E-state index contributed by atoms with van der Waals surface area (Å²) < 4.78 is 82.1. The van der Waals surface area contributed by atoms with Gasteiger partial charge in [-0.05, 0) is 42.2 Å². The van der Waals surface area contributed by atoms with Gasteiger partial charge >= 0.3 is 6.18 Å². The highest BCUT2D eigenvalue weighted by Gasteiger charge is 2.58. The van der Waals surface area contributed by atoms with Gasteiger partial charge in [-0.25, -0.2) is 12.8 Å². The summed E-state index contributed by atoms with van der Waals surface area (Å²) in [6.07, 6.45) is -6.19. The maximum Gasteiger partial charge on any atom is 0.401 e. The monoisotopic (exact) mass is 590 g/mol. The van der Waals surface area contributed by atoms with Crippen molar-refractivity contribution in [3.05, 3.63) is 68.4 Å². The summed E-state index contributed by atoms with van der Waals surface area (Å²) in [5, 5.41) is 5.35. The Morgan fingerprint density at radius 1 is 1.16 bits per heavy atom. The lowest BCUT2D eigenvalue weighted by Gasteiger charge is -2.45. The van der Waals surface area contributed by atoms with Crippen LogP contribution >= 0.6 is 23.2 Å². The average molecular weight is 591 g/mol. The Morgan fingerprint density at radius 3 is 2.47 bits per heavy atom. The van der Waals surface area contributed by atoms with Crippen LogP contribution in [0.25, 0.3) is 0 Å². The number of ketones is 1. The summed E-state index contributed by atoms with van der Waals surface area (Å²) in [6, 6.07) is 6.82. The summed E-state index contributed by atoms with van der Waals surface area (Å²) in [7, 11) is -3.45. The van der Waals surface area contributed by atoms with Crippen molar-refractivity contribution in [2.75, 3.05) is 18.8 Å². The van der Waals surface area contributed by atoms with Crippen LogP contribution in [0.1, 0.15) is 34.8 Å². The van der Waals surface area contributed by atoms with Crippen molar-refractivity contribution >= 4 is 44.5 Å². The minimum absolute atomic E-state index is 0.0171. The highest BCUT2D eigenvalue weighted by Crippen LogP contribution is 2.50. The summed E-state index contributed by atoms with van der Waals surface area (Å²) in [4.78, 5) is 18.4. The molecule has 13 heteroatoms. The van der Waals surface area contributed by atoms with E-state index in [1.807, 2.05) is 0 Å². The van der Waals surface area contributed by atoms with E-state index in [9.17, 15) is 30.8 Å². The number of hydrogen-bond acceptors (Lipinski definition) is 6. The number of sulfone groups is 1. The van der Waals surface area contributed by atoms with Gasteiger partial charge in [-0.2, -0.15) is 13.2 Å². The molecule has 4 aliphatic rings. The summed E-state index contributed by atoms with van der Waals surface area (Å²) in [5.74, 6) is -4.32. The molecule has 0 saturated carbocycles. The van der Waals surface area contributed by atoms with Crippen molar-refractivity contribution < 1.29 is 35.6 Å². The van der Waals surface area contributed by atoms with Gasteiger partial charge in [0.15, 0.2) is 21.7 Å². The summed E-state index contributed by atoms with van der Waals surface area (Å²) in [5.41, 5.74) is 0.0883. The van der Waals surface area contributed by atoms with E-state index >= 15 is 0 Å². The maximum absolute atomic E-state index is 14.7. The molecule has 38 heavy (non-hydrogen) atoms. The fourth-order valence-electron chi connectivity index (χ4n) is 6.14.